The zero-order valence-corrected chi connectivity index (χ0v) is 10.9. The Bertz CT molecular complexity index is 483. The average Bonchev–Trinajstić information content (AvgIpc) is 3.25. The topological polar surface area (TPSA) is 91.8 Å². The lowest BCUT2D eigenvalue weighted by Crippen LogP contribution is -2.42. The summed E-state index contributed by atoms with van der Waals surface area (Å²) >= 11 is 0. The molecular formula is C13H18N4O2. The molecule has 0 spiro atoms. The van der Waals surface area contributed by atoms with Crippen LogP contribution in [0.15, 0.2) is 29.6 Å². The van der Waals surface area contributed by atoms with E-state index in [4.69, 9.17) is 10.9 Å². The van der Waals surface area contributed by atoms with Gasteiger partial charge in [0, 0.05) is 31.9 Å². The number of carbonyl (C=O) groups excluding carboxylic acids is 1. The number of oxime groups is 1. The van der Waals surface area contributed by atoms with Crippen LogP contribution >= 0.6 is 0 Å². The molecule has 6 nitrogen and oxygen atoms in total. The van der Waals surface area contributed by atoms with Crippen molar-refractivity contribution in [3.63, 3.8) is 0 Å². The van der Waals surface area contributed by atoms with Gasteiger partial charge in [0.25, 0.3) is 0 Å². The van der Waals surface area contributed by atoms with Gasteiger partial charge in [-0.15, -0.1) is 0 Å². The summed E-state index contributed by atoms with van der Waals surface area (Å²) in [6, 6.07) is 5.70. The van der Waals surface area contributed by atoms with Crippen LogP contribution in [0.25, 0.3) is 0 Å². The SMILES string of the molecule is CN(CCc1ccccn1)C(=O)C1(/C(N)=N/O)CC1. The van der Waals surface area contributed by atoms with E-state index in [1.54, 1.807) is 18.1 Å². The molecule has 0 unspecified atom stereocenters. The Hall–Kier alpha value is -2.11. The summed E-state index contributed by atoms with van der Waals surface area (Å²) in [6.07, 6.45) is 3.72. The molecule has 1 aromatic heterocycles. The number of amidine groups is 1. The summed E-state index contributed by atoms with van der Waals surface area (Å²) < 4.78 is 0. The number of hydrogen-bond donors (Lipinski definition) is 2. The van der Waals surface area contributed by atoms with E-state index in [0.29, 0.717) is 25.8 Å². The van der Waals surface area contributed by atoms with Crippen molar-refractivity contribution in [1.29, 1.82) is 0 Å². The smallest absolute Gasteiger partial charge is 0.236 e. The molecule has 6 heteroatoms. The summed E-state index contributed by atoms with van der Waals surface area (Å²) in [6.45, 7) is 0.566. The number of carbonyl (C=O) groups is 1. The van der Waals surface area contributed by atoms with Crippen LogP contribution in [-0.2, 0) is 11.2 Å². The first kappa shape index (κ1) is 13.3. The summed E-state index contributed by atoms with van der Waals surface area (Å²) in [5.74, 6) is -0.0686. The Labute approximate surface area is 111 Å². The highest BCUT2D eigenvalue weighted by Crippen LogP contribution is 2.47. The van der Waals surface area contributed by atoms with E-state index >= 15 is 0 Å². The van der Waals surface area contributed by atoms with Crippen molar-refractivity contribution < 1.29 is 10.0 Å². The highest BCUT2D eigenvalue weighted by atomic mass is 16.4. The number of hydrogen-bond acceptors (Lipinski definition) is 4. The first-order valence-corrected chi connectivity index (χ1v) is 6.23. The Morgan fingerprint density at radius 2 is 2.32 bits per heavy atom. The molecule has 1 saturated carbocycles. The molecule has 2 rings (SSSR count). The number of nitrogens with zero attached hydrogens (tertiary/aromatic N) is 3. The largest absolute Gasteiger partial charge is 0.409 e. The normalized spacial score (nSPS) is 17.0. The molecule has 0 saturated heterocycles. The minimum Gasteiger partial charge on any atom is -0.409 e. The minimum atomic E-state index is -0.770. The van der Waals surface area contributed by atoms with Gasteiger partial charge >= 0.3 is 0 Å². The zero-order valence-electron chi connectivity index (χ0n) is 10.9. The van der Waals surface area contributed by atoms with Crippen LogP contribution < -0.4 is 5.73 Å². The van der Waals surface area contributed by atoms with E-state index < -0.39 is 5.41 Å². The molecule has 1 amide bonds. The molecule has 1 heterocycles. The van der Waals surface area contributed by atoms with Crippen LogP contribution in [0.5, 0.6) is 0 Å². The van der Waals surface area contributed by atoms with Gasteiger partial charge in [-0.25, -0.2) is 0 Å². The van der Waals surface area contributed by atoms with E-state index in [1.165, 1.54) is 0 Å². The third-order valence-electron chi connectivity index (χ3n) is 3.53. The standard InChI is InChI=1S/C13H18N4O2/c1-17(9-5-10-4-2-3-8-15-10)12(18)13(6-7-13)11(14)16-19/h2-4,8,19H,5-7,9H2,1H3,(H2,14,16). The number of rotatable bonds is 5. The van der Waals surface area contributed by atoms with Crippen molar-refractivity contribution in [2.45, 2.75) is 19.3 Å². The van der Waals surface area contributed by atoms with Crippen molar-refractivity contribution in [3.8, 4) is 0 Å². The predicted molar refractivity (Wildman–Crippen MR) is 70.7 cm³/mol. The second kappa shape index (κ2) is 5.26. The molecular weight excluding hydrogens is 244 g/mol. The maximum absolute atomic E-state index is 12.3. The van der Waals surface area contributed by atoms with Gasteiger partial charge < -0.3 is 15.8 Å². The first-order valence-electron chi connectivity index (χ1n) is 6.23. The lowest BCUT2D eigenvalue weighted by atomic mass is 10.0. The lowest BCUT2D eigenvalue weighted by molar-refractivity contribution is -0.133. The molecule has 1 aromatic rings. The molecule has 0 aliphatic heterocycles. The lowest BCUT2D eigenvalue weighted by Gasteiger charge is -2.22. The molecule has 19 heavy (non-hydrogen) atoms. The summed E-state index contributed by atoms with van der Waals surface area (Å²) in [7, 11) is 1.73. The highest BCUT2D eigenvalue weighted by Gasteiger charge is 2.55. The van der Waals surface area contributed by atoms with Crippen LogP contribution in [-0.4, -0.2) is 40.4 Å². The molecule has 0 atom stereocenters. The van der Waals surface area contributed by atoms with Gasteiger partial charge in [-0.3, -0.25) is 9.78 Å². The first-order chi connectivity index (χ1) is 9.10. The Kier molecular flexibility index (Phi) is 3.69. The fraction of sp³-hybridized carbons (Fsp3) is 0.462. The maximum atomic E-state index is 12.3. The third kappa shape index (κ3) is 2.67. The number of aromatic nitrogens is 1. The van der Waals surface area contributed by atoms with Crippen LogP contribution in [0.4, 0.5) is 0 Å². The van der Waals surface area contributed by atoms with Gasteiger partial charge in [0.05, 0.1) is 0 Å². The fourth-order valence-electron chi connectivity index (χ4n) is 2.10. The van der Waals surface area contributed by atoms with Crippen LogP contribution in [0, 0.1) is 5.41 Å². The molecule has 0 bridgehead atoms. The van der Waals surface area contributed by atoms with Crippen LogP contribution in [0.1, 0.15) is 18.5 Å². The molecule has 0 aromatic carbocycles. The molecule has 0 radical (unpaired) electrons. The van der Waals surface area contributed by atoms with E-state index in [-0.39, 0.29) is 11.7 Å². The van der Waals surface area contributed by atoms with E-state index in [2.05, 4.69) is 10.1 Å². The van der Waals surface area contributed by atoms with Gasteiger partial charge in [-0.1, -0.05) is 11.2 Å². The van der Waals surface area contributed by atoms with Crippen molar-refractivity contribution in [3.05, 3.63) is 30.1 Å². The monoisotopic (exact) mass is 262 g/mol. The van der Waals surface area contributed by atoms with Gasteiger partial charge in [-0.05, 0) is 25.0 Å². The minimum absolute atomic E-state index is 0.0159. The number of nitrogens with two attached hydrogens (primary N) is 1. The summed E-state index contributed by atoms with van der Waals surface area (Å²) in [5, 5.41) is 11.7. The quantitative estimate of drug-likeness (QED) is 0.352. The Balaban J connectivity index is 1.94. The average molecular weight is 262 g/mol. The van der Waals surface area contributed by atoms with Gasteiger partial charge in [0.2, 0.25) is 5.91 Å². The van der Waals surface area contributed by atoms with Crippen molar-refractivity contribution in [1.82, 2.24) is 9.88 Å². The summed E-state index contributed by atoms with van der Waals surface area (Å²) in [4.78, 5) is 18.1. The number of pyridine rings is 1. The van der Waals surface area contributed by atoms with Crippen molar-refractivity contribution in [2.75, 3.05) is 13.6 Å². The Morgan fingerprint density at radius 1 is 1.58 bits per heavy atom. The van der Waals surface area contributed by atoms with Crippen molar-refractivity contribution >= 4 is 11.7 Å². The fourth-order valence-corrected chi connectivity index (χ4v) is 2.10. The van der Waals surface area contributed by atoms with Crippen molar-refractivity contribution in [2.24, 2.45) is 16.3 Å². The molecule has 1 aliphatic carbocycles. The zero-order chi connectivity index (χ0) is 13.9. The van der Waals surface area contributed by atoms with Gasteiger partial charge in [0.1, 0.15) is 5.41 Å². The van der Waals surface area contributed by atoms with E-state index in [1.807, 2.05) is 18.2 Å². The third-order valence-corrected chi connectivity index (χ3v) is 3.53. The second-order valence-corrected chi connectivity index (χ2v) is 4.87. The highest BCUT2D eigenvalue weighted by molar-refractivity contribution is 6.09. The molecule has 1 fully saturated rings. The van der Waals surface area contributed by atoms with Crippen LogP contribution in [0.3, 0.4) is 0 Å². The number of likely N-dealkylation sites (N-methyl/N-ethyl adjacent to an activating group) is 1. The predicted octanol–water partition coefficient (Wildman–Crippen LogP) is 0.609. The van der Waals surface area contributed by atoms with E-state index in [0.717, 1.165) is 5.69 Å². The molecule has 1 aliphatic rings. The number of amides is 1. The second-order valence-electron chi connectivity index (χ2n) is 4.87. The Morgan fingerprint density at radius 3 is 2.84 bits per heavy atom. The summed E-state index contributed by atoms with van der Waals surface area (Å²) in [5.41, 5.74) is 5.77. The molecule has 102 valence electrons. The van der Waals surface area contributed by atoms with E-state index in [9.17, 15) is 4.79 Å². The van der Waals surface area contributed by atoms with Crippen LogP contribution in [0.2, 0.25) is 0 Å². The van der Waals surface area contributed by atoms with Gasteiger partial charge in [-0.2, -0.15) is 0 Å². The van der Waals surface area contributed by atoms with Gasteiger partial charge in [0.15, 0.2) is 5.84 Å². The molecule has 3 N–H and O–H groups in total. The maximum Gasteiger partial charge on any atom is 0.236 e.